The molecule has 0 aliphatic carbocycles. The zero-order valence-electron chi connectivity index (χ0n) is 14.0. The molecule has 3 heteroatoms. The summed E-state index contributed by atoms with van der Waals surface area (Å²) in [5.41, 5.74) is 1.42. The van der Waals surface area contributed by atoms with Crippen LogP contribution in [0.3, 0.4) is 0 Å². The Hall–Kier alpha value is -1.06. The molecule has 1 aliphatic heterocycles. The van der Waals surface area contributed by atoms with Gasteiger partial charge in [0.15, 0.2) is 0 Å². The first-order valence-electron chi connectivity index (χ1n) is 8.11. The number of benzene rings is 1. The van der Waals surface area contributed by atoms with Crippen molar-refractivity contribution in [3.8, 4) is 5.75 Å². The SMILES string of the molecule is CC1CCN(CCOc2cccc(CNC(C)(C)C)c2)C1. The fourth-order valence-corrected chi connectivity index (χ4v) is 2.63. The number of nitrogens with one attached hydrogen (secondary N) is 1. The molecule has 1 fully saturated rings. The summed E-state index contributed by atoms with van der Waals surface area (Å²) in [6.45, 7) is 14.0. The minimum absolute atomic E-state index is 0.142. The third kappa shape index (κ3) is 6.06. The van der Waals surface area contributed by atoms with E-state index < -0.39 is 0 Å². The third-order valence-electron chi connectivity index (χ3n) is 3.91. The lowest BCUT2D eigenvalue weighted by molar-refractivity contribution is 0.233. The molecule has 1 aromatic rings. The van der Waals surface area contributed by atoms with Gasteiger partial charge in [-0.3, -0.25) is 4.90 Å². The summed E-state index contributed by atoms with van der Waals surface area (Å²) in [6, 6.07) is 8.42. The molecule has 0 bridgehead atoms. The van der Waals surface area contributed by atoms with Gasteiger partial charge in [0.2, 0.25) is 0 Å². The molecule has 0 aromatic heterocycles. The van der Waals surface area contributed by atoms with Gasteiger partial charge >= 0.3 is 0 Å². The van der Waals surface area contributed by atoms with E-state index in [9.17, 15) is 0 Å². The lowest BCUT2D eigenvalue weighted by atomic mass is 10.1. The highest BCUT2D eigenvalue weighted by Gasteiger charge is 2.17. The summed E-state index contributed by atoms with van der Waals surface area (Å²) >= 11 is 0. The largest absolute Gasteiger partial charge is 0.492 e. The van der Waals surface area contributed by atoms with Crippen molar-refractivity contribution in [2.24, 2.45) is 5.92 Å². The van der Waals surface area contributed by atoms with Crippen LogP contribution in [0.15, 0.2) is 24.3 Å². The van der Waals surface area contributed by atoms with E-state index in [-0.39, 0.29) is 5.54 Å². The smallest absolute Gasteiger partial charge is 0.119 e. The lowest BCUT2D eigenvalue weighted by Gasteiger charge is -2.21. The van der Waals surface area contributed by atoms with Gasteiger partial charge in [-0.2, -0.15) is 0 Å². The summed E-state index contributed by atoms with van der Waals surface area (Å²) in [5.74, 6) is 1.83. The maximum atomic E-state index is 5.91. The maximum Gasteiger partial charge on any atom is 0.119 e. The molecule has 1 N–H and O–H groups in total. The molecule has 21 heavy (non-hydrogen) atoms. The first kappa shape index (κ1) is 16.3. The highest BCUT2D eigenvalue weighted by Crippen LogP contribution is 2.16. The highest BCUT2D eigenvalue weighted by atomic mass is 16.5. The van der Waals surface area contributed by atoms with Crippen LogP contribution in [0, 0.1) is 5.92 Å². The minimum Gasteiger partial charge on any atom is -0.492 e. The van der Waals surface area contributed by atoms with Crippen molar-refractivity contribution in [1.82, 2.24) is 10.2 Å². The number of hydrogen-bond donors (Lipinski definition) is 1. The lowest BCUT2D eigenvalue weighted by Crippen LogP contribution is -2.35. The molecule has 0 radical (unpaired) electrons. The van der Waals surface area contributed by atoms with Crippen LogP contribution in [-0.4, -0.2) is 36.7 Å². The molecule has 118 valence electrons. The molecule has 1 saturated heterocycles. The first-order chi connectivity index (χ1) is 9.92. The van der Waals surface area contributed by atoms with E-state index in [2.05, 4.69) is 56.1 Å². The highest BCUT2D eigenvalue weighted by molar-refractivity contribution is 5.28. The second-order valence-corrected chi connectivity index (χ2v) is 7.29. The van der Waals surface area contributed by atoms with Gasteiger partial charge in [-0.25, -0.2) is 0 Å². The zero-order chi connectivity index (χ0) is 15.3. The molecular weight excluding hydrogens is 260 g/mol. The Balaban J connectivity index is 1.75. The monoisotopic (exact) mass is 290 g/mol. The number of likely N-dealkylation sites (tertiary alicyclic amines) is 1. The van der Waals surface area contributed by atoms with Gasteiger partial charge in [-0.1, -0.05) is 19.1 Å². The maximum absolute atomic E-state index is 5.91. The normalized spacial score (nSPS) is 19.9. The Bertz CT molecular complexity index is 439. The Morgan fingerprint density at radius 1 is 1.33 bits per heavy atom. The van der Waals surface area contributed by atoms with Crippen molar-refractivity contribution in [1.29, 1.82) is 0 Å². The van der Waals surface area contributed by atoms with Gasteiger partial charge < -0.3 is 10.1 Å². The van der Waals surface area contributed by atoms with Crippen LogP contribution < -0.4 is 10.1 Å². The molecule has 1 aromatic carbocycles. The molecule has 1 atom stereocenters. The van der Waals surface area contributed by atoms with E-state index >= 15 is 0 Å². The van der Waals surface area contributed by atoms with Crippen LogP contribution in [0.1, 0.15) is 39.7 Å². The fraction of sp³-hybridized carbons (Fsp3) is 0.667. The summed E-state index contributed by atoms with van der Waals surface area (Å²) in [7, 11) is 0. The van der Waals surface area contributed by atoms with Gasteiger partial charge in [0.25, 0.3) is 0 Å². The van der Waals surface area contributed by atoms with Gasteiger partial charge in [0.1, 0.15) is 12.4 Å². The van der Waals surface area contributed by atoms with Gasteiger partial charge in [0, 0.05) is 25.2 Å². The number of hydrogen-bond acceptors (Lipinski definition) is 3. The van der Waals surface area contributed by atoms with Crippen molar-refractivity contribution in [3.05, 3.63) is 29.8 Å². The van der Waals surface area contributed by atoms with Crippen molar-refractivity contribution in [3.63, 3.8) is 0 Å². The molecule has 0 amide bonds. The Morgan fingerprint density at radius 2 is 2.14 bits per heavy atom. The molecule has 1 aliphatic rings. The quantitative estimate of drug-likeness (QED) is 0.870. The van der Waals surface area contributed by atoms with Gasteiger partial charge in [-0.15, -0.1) is 0 Å². The Labute approximate surface area is 129 Å². The molecule has 1 unspecified atom stereocenters. The average Bonchev–Trinajstić information content (AvgIpc) is 2.82. The Morgan fingerprint density at radius 3 is 2.81 bits per heavy atom. The first-order valence-corrected chi connectivity index (χ1v) is 8.11. The number of rotatable bonds is 6. The molecular formula is C18H30N2O. The van der Waals surface area contributed by atoms with Crippen LogP contribution >= 0.6 is 0 Å². The van der Waals surface area contributed by atoms with Crippen molar-refractivity contribution in [2.75, 3.05) is 26.2 Å². The molecule has 2 rings (SSSR count). The van der Waals surface area contributed by atoms with E-state index in [4.69, 9.17) is 4.74 Å². The second-order valence-electron chi connectivity index (χ2n) is 7.29. The standard InChI is InChI=1S/C18H30N2O/c1-15-8-9-20(14-15)10-11-21-17-7-5-6-16(12-17)13-19-18(2,3)4/h5-7,12,15,19H,8-11,13-14H2,1-4H3. The minimum atomic E-state index is 0.142. The molecule has 0 spiro atoms. The van der Waals surface area contributed by atoms with E-state index in [1.807, 2.05) is 6.07 Å². The van der Waals surface area contributed by atoms with Crippen LogP contribution in [0.2, 0.25) is 0 Å². The van der Waals surface area contributed by atoms with Crippen LogP contribution in [0.25, 0.3) is 0 Å². The third-order valence-corrected chi connectivity index (χ3v) is 3.91. The van der Waals surface area contributed by atoms with Crippen molar-refractivity contribution < 1.29 is 4.74 Å². The molecule has 3 nitrogen and oxygen atoms in total. The predicted octanol–water partition coefficient (Wildman–Crippen LogP) is 3.30. The van der Waals surface area contributed by atoms with Gasteiger partial charge in [0.05, 0.1) is 0 Å². The molecule has 1 heterocycles. The van der Waals surface area contributed by atoms with E-state index in [1.165, 1.54) is 25.1 Å². The second kappa shape index (κ2) is 7.28. The summed E-state index contributed by atoms with van der Waals surface area (Å²) in [4.78, 5) is 2.50. The van der Waals surface area contributed by atoms with Crippen LogP contribution in [0.5, 0.6) is 5.75 Å². The van der Waals surface area contributed by atoms with Crippen LogP contribution in [0.4, 0.5) is 0 Å². The fourth-order valence-electron chi connectivity index (χ4n) is 2.63. The zero-order valence-corrected chi connectivity index (χ0v) is 14.0. The summed E-state index contributed by atoms with van der Waals surface area (Å²) in [6.07, 6.45) is 1.33. The van der Waals surface area contributed by atoms with E-state index in [0.717, 1.165) is 31.4 Å². The molecule has 0 saturated carbocycles. The summed E-state index contributed by atoms with van der Waals surface area (Å²) in [5, 5.41) is 3.51. The number of nitrogens with zero attached hydrogens (tertiary/aromatic N) is 1. The van der Waals surface area contributed by atoms with Gasteiger partial charge in [-0.05, 0) is 57.4 Å². The topological polar surface area (TPSA) is 24.5 Å². The average molecular weight is 290 g/mol. The predicted molar refractivity (Wildman–Crippen MR) is 88.8 cm³/mol. The summed E-state index contributed by atoms with van der Waals surface area (Å²) < 4.78 is 5.91. The van der Waals surface area contributed by atoms with E-state index in [1.54, 1.807) is 0 Å². The van der Waals surface area contributed by atoms with E-state index in [0.29, 0.717) is 0 Å². The number of ether oxygens (including phenoxy) is 1. The van der Waals surface area contributed by atoms with Crippen LogP contribution in [-0.2, 0) is 6.54 Å². The van der Waals surface area contributed by atoms with Crippen molar-refractivity contribution >= 4 is 0 Å². The van der Waals surface area contributed by atoms with Crippen molar-refractivity contribution in [2.45, 2.75) is 46.2 Å². The Kier molecular flexibility index (Phi) is 5.65.